The van der Waals surface area contributed by atoms with Gasteiger partial charge in [-0.2, -0.15) is 5.10 Å². The molecule has 0 saturated heterocycles. The molecule has 0 aliphatic heterocycles. The van der Waals surface area contributed by atoms with Crippen LogP contribution in [-0.4, -0.2) is 93.7 Å². The highest BCUT2D eigenvalue weighted by Gasteiger charge is 2.16. The van der Waals surface area contributed by atoms with Crippen molar-refractivity contribution in [2.24, 2.45) is 0 Å². The number of aromatic amines is 2. The molecular weight excluding hydrogens is 559 g/mol. The lowest BCUT2D eigenvalue weighted by molar-refractivity contribution is -0.116. The summed E-state index contributed by atoms with van der Waals surface area (Å²) in [5, 5.41) is 15.6. The Balaban J connectivity index is 1.33. The molecule has 0 spiro atoms. The molecule has 6 aromatic rings. The second kappa shape index (κ2) is 12.2. The number of carbonyl (C=O) groups excluding carboxylic acids is 1. The molecule has 1 amide bonds. The van der Waals surface area contributed by atoms with Gasteiger partial charge in [-0.15, -0.1) is 0 Å². The van der Waals surface area contributed by atoms with Crippen LogP contribution in [0.1, 0.15) is 0 Å². The van der Waals surface area contributed by atoms with E-state index in [2.05, 4.69) is 45.7 Å². The zero-order chi connectivity index (χ0) is 30.8. The number of likely N-dealkylation sites (N-methyl/N-ethyl adjacent to an activating group) is 2. The van der Waals surface area contributed by atoms with Crippen LogP contribution in [0.15, 0.2) is 67.4 Å². The fourth-order valence-corrected chi connectivity index (χ4v) is 5.10. The second-order valence-electron chi connectivity index (χ2n) is 11.2. The molecule has 0 saturated carbocycles. The number of nitrogens with zero attached hydrogens (tertiary/aromatic N) is 6. The third-order valence-electron chi connectivity index (χ3n) is 7.12. The average Bonchev–Trinajstić information content (AvgIpc) is 3.60. The molecular formula is C32H33FN10O. The third kappa shape index (κ3) is 6.26. The van der Waals surface area contributed by atoms with Crippen LogP contribution in [0, 0.1) is 5.82 Å². The fraction of sp³-hybridized carbons (Fsp3) is 0.219. The van der Waals surface area contributed by atoms with Crippen molar-refractivity contribution in [1.29, 1.82) is 0 Å². The Labute approximate surface area is 253 Å². The maximum atomic E-state index is 14.7. The number of rotatable bonds is 10. The van der Waals surface area contributed by atoms with Gasteiger partial charge in [0.1, 0.15) is 11.5 Å². The van der Waals surface area contributed by atoms with Crippen molar-refractivity contribution in [1.82, 2.24) is 39.9 Å². The van der Waals surface area contributed by atoms with Crippen LogP contribution in [0.4, 0.5) is 15.8 Å². The van der Waals surface area contributed by atoms with Gasteiger partial charge in [0.15, 0.2) is 0 Å². The van der Waals surface area contributed by atoms with E-state index in [4.69, 9.17) is 0 Å². The van der Waals surface area contributed by atoms with Crippen molar-refractivity contribution in [3.05, 3.63) is 73.2 Å². The van der Waals surface area contributed by atoms with Gasteiger partial charge in [0.05, 0.1) is 53.2 Å². The third-order valence-corrected chi connectivity index (χ3v) is 7.12. The van der Waals surface area contributed by atoms with Crippen LogP contribution in [0.5, 0.6) is 0 Å². The van der Waals surface area contributed by atoms with E-state index in [9.17, 15) is 9.18 Å². The molecule has 0 radical (unpaired) electrons. The number of hydrogen-bond acceptors (Lipinski definition) is 8. The molecule has 1 aromatic carbocycles. The van der Waals surface area contributed by atoms with Gasteiger partial charge in [-0.25, -0.2) is 4.39 Å². The first-order valence-corrected chi connectivity index (χ1v) is 14.1. The largest absolute Gasteiger partial charge is 0.384 e. The highest BCUT2D eigenvalue weighted by atomic mass is 19.1. The number of amides is 1. The summed E-state index contributed by atoms with van der Waals surface area (Å²) in [7, 11) is 7.67. The molecule has 12 heteroatoms. The van der Waals surface area contributed by atoms with Crippen LogP contribution in [0.25, 0.3) is 55.6 Å². The standard InChI is InChI=1S/C32H33FN10O/c1-42(2)6-5-36-22-8-19(7-21(33)10-22)26-15-35-16-29-24(26)11-28(39-29)32-25-12-27(37-17-30(25)40-41-32)20-9-23(14-34-13-20)38-31(44)18-43(3)4/h7-17,36,39H,5-6,18H2,1-4H3,(H,38,44)(H,40,41). The van der Waals surface area contributed by atoms with Gasteiger partial charge in [-0.05, 0) is 70.2 Å². The number of halogens is 1. The summed E-state index contributed by atoms with van der Waals surface area (Å²) < 4.78 is 14.7. The Hall–Kier alpha value is -5.20. The number of hydrogen-bond donors (Lipinski definition) is 4. The highest BCUT2D eigenvalue weighted by Crippen LogP contribution is 2.35. The highest BCUT2D eigenvalue weighted by molar-refractivity contribution is 6.01. The maximum absolute atomic E-state index is 14.7. The predicted octanol–water partition coefficient (Wildman–Crippen LogP) is 4.84. The summed E-state index contributed by atoms with van der Waals surface area (Å²) in [4.78, 5) is 32.9. The second-order valence-corrected chi connectivity index (χ2v) is 11.2. The maximum Gasteiger partial charge on any atom is 0.238 e. The van der Waals surface area contributed by atoms with Gasteiger partial charge in [0.2, 0.25) is 5.91 Å². The van der Waals surface area contributed by atoms with Crippen molar-refractivity contribution in [2.45, 2.75) is 0 Å². The molecule has 224 valence electrons. The van der Waals surface area contributed by atoms with Crippen molar-refractivity contribution in [3.8, 4) is 33.8 Å². The molecule has 0 atom stereocenters. The SMILES string of the molecule is CN(C)CCNc1cc(F)cc(-c2cncc3[nH]c(-c4n[nH]c5cnc(-c6cncc(NC(=O)CN(C)C)c6)cc45)cc23)c1. The van der Waals surface area contributed by atoms with E-state index in [1.54, 1.807) is 35.9 Å². The molecule has 11 nitrogen and oxygen atoms in total. The zero-order valence-corrected chi connectivity index (χ0v) is 24.9. The lowest BCUT2D eigenvalue weighted by Crippen LogP contribution is -2.27. The minimum Gasteiger partial charge on any atom is -0.384 e. The smallest absolute Gasteiger partial charge is 0.238 e. The van der Waals surface area contributed by atoms with Gasteiger partial charge < -0.3 is 25.4 Å². The molecule has 0 fully saturated rings. The number of fused-ring (bicyclic) bond motifs is 2. The number of benzene rings is 1. The Bertz CT molecular complexity index is 1960. The van der Waals surface area contributed by atoms with Crippen molar-refractivity contribution < 1.29 is 9.18 Å². The monoisotopic (exact) mass is 592 g/mol. The lowest BCUT2D eigenvalue weighted by Gasteiger charge is -2.13. The van der Waals surface area contributed by atoms with Crippen molar-refractivity contribution in [2.75, 3.05) is 58.5 Å². The normalized spacial score (nSPS) is 11.6. The van der Waals surface area contributed by atoms with E-state index in [1.807, 2.05) is 52.5 Å². The van der Waals surface area contributed by atoms with Gasteiger partial charge in [0.25, 0.3) is 0 Å². The minimum atomic E-state index is -0.322. The molecule has 4 N–H and O–H groups in total. The van der Waals surface area contributed by atoms with E-state index in [-0.39, 0.29) is 18.3 Å². The fourth-order valence-electron chi connectivity index (χ4n) is 5.10. The van der Waals surface area contributed by atoms with Crippen molar-refractivity contribution in [3.63, 3.8) is 0 Å². The van der Waals surface area contributed by atoms with E-state index in [0.29, 0.717) is 29.3 Å². The minimum absolute atomic E-state index is 0.128. The summed E-state index contributed by atoms with van der Waals surface area (Å²) in [6.45, 7) is 1.79. The first-order chi connectivity index (χ1) is 21.2. The zero-order valence-electron chi connectivity index (χ0n) is 24.9. The molecule has 6 rings (SSSR count). The molecule has 0 unspecified atom stereocenters. The topological polar surface area (TPSA) is 131 Å². The Morgan fingerprint density at radius 1 is 0.841 bits per heavy atom. The summed E-state index contributed by atoms with van der Waals surface area (Å²) in [6, 6.07) is 10.8. The van der Waals surface area contributed by atoms with Gasteiger partial charge in [-0.3, -0.25) is 24.8 Å². The summed E-state index contributed by atoms with van der Waals surface area (Å²) in [5.74, 6) is -0.450. The Morgan fingerprint density at radius 3 is 2.48 bits per heavy atom. The number of pyridine rings is 3. The first-order valence-electron chi connectivity index (χ1n) is 14.1. The van der Waals surface area contributed by atoms with Crippen LogP contribution in [0.3, 0.4) is 0 Å². The van der Waals surface area contributed by atoms with Crippen LogP contribution < -0.4 is 10.6 Å². The summed E-state index contributed by atoms with van der Waals surface area (Å²) in [6.07, 6.45) is 8.54. The van der Waals surface area contributed by atoms with Gasteiger partial charge in [-0.1, -0.05) is 0 Å². The number of nitrogens with one attached hydrogen (secondary N) is 4. The molecule has 0 bridgehead atoms. The number of H-pyrrole nitrogens is 2. The lowest BCUT2D eigenvalue weighted by atomic mass is 10.0. The molecule has 44 heavy (non-hydrogen) atoms. The van der Waals surface area contributed by atoms with Crippen molar-refractivity contribution >= 4 is 39.1 Å². The molecule has 0 aliphatic rings. The van der Waals surface area contributed by atoms with Gasteiger partial charge >= 0.3 is 0 Å². The van der Waals surface area contributed by atoms with E-state index in [0.717, 1.165) is 50.7 Å². The number of anilines is 2. The van der Waals surface area contributed by atoms with E-state index >= 15 is 0 Å². The van der Waals surface area contributed by atoms with Crippen LogP contribution >= 0.6 is 0 Å². The van der Waals surface area contributed by atoms with Crippen LogP contribution in [0.2, 0.25) is 0 Å². The van der Waals surface area contributed by atoms with Crippen LogP contribution in [-0.2, 0) is 4.79 Å². The van der Waals surface area contributed by atoms with E-state index < -0.39 is 0 Å². The average molecular weight is 593 g/mol. The van der Waals surface area contributed by atoms with E-state index in [1.165, 1.54) is 12.1 Å². The quantitative estimate of drug-likeness (QED) is 0.178. The summed E-state index contributed by atoms with van der Waals surface area (Å²) >= 11 is 0. The molecule has 0 aliphatic carbocycles. The summed E-state index contributed by atoms with van der Waals surface area (Å²) in [5.41, 5.74) is 7.33. The Morgan fingerprint density at radius 2 is 1.66 bits per heavy atom. The number of carbonyl (C=O) groups is 1. The van der Waals surface area contributed by atoms with Gasteiger partial charge in [0, 0.05) is 53.1 Å². The molecule has 5 aromatic heterocycles. The number of aromatic nitrogens is 6. The first kappa shape index (κ1) is 28.9. The Kier molecular flexibility index (Phi) is 8.01. The predicted molar refractivity (Wildman–Crippen MR) is 172 cm³/mol. The molecule has 5 heterocycles.